The smallest absolute Gasteiger partial charge is 0.341 e. The summed E-state index contributed by atoms with van der Waals surface area (Å²) in [4.78, 5) is 25.6. The fourth-order valence-electron chi connectivity index (χ4n) is 3.54. The molecule has 0 aliphatic heterocycles. The van der Waals surface area contributed by atoms with Gasteiger partial charge in [0, 0.05) is 12.3 Å². The zero-order valence-corrected chi connectivity index (χ0v) is 18.4. The van der Waals surface area contributed by atoms with Crippen molar-refractivity contribution in [1.29, 1.82) is 0 Å². The molecule has 0 spiro atoms. The van der Waals surface area contributed by atoms with Gasteiger partial charge in [0.2, 0.25) is 0 Å². The van der Waals surface area contributed by atoms with Gasteiger partial charge in [0.05, 0.1) is 12.7 Å². The van der Waals surface area contributed by atoms with E-state index >= 15 is 0 Å². The normalized spacial score (nSPS) is 21.7. The quantitative estimate of drug-likeness (QED) is 0.588. The first-order chi connectivity index (χ1) is 13.8. The van der Waals surface area contributed by atoms with Gasteiger partial charge in [0.25, 0.3) is 5.91 Å². The Kier molecular flexibility index (Phi) is 8.50. The van der Waals surface area contributed by atoms with Crippen molar-refractivity contribution in [3.63, 3.8) is 0 Å². The number of ether oxygens (including phenoxy) is 3. The lowest BCUT2D eigenvalue weighted by atomic mass is 9.78. The number of anilines is 1. The molecule has 0 heterocycles. The first kappa shape index (κ1) is 23.2. The molecule has 0 bridgehead atoms. The highest BCUT2D eigenvalue weighted by molar-refractivity contribution is 5.99. The molecule has 29 heavy (non-hydrogen) atoms. The summed E-state index contributed by atoms with van der Waals surface area (Å²) in [5.74, 6) is 0.428. The minimum Gasteiger partial charge on any atom is -0.490 e. The Balaban J connectivity index is 2.25. The third kappa shape index (κ3) is 6.20. The number of carbonyl (C=O) groups is 2. The summed E-state index contributed by atoms with van der Waals surface area (Å²) in [7, 11) is 0. The van der Waals surface area contributed by atoms with Crippen molar-refractivity contribution >= 4 is 17.6 Å². The Bertz CT molecular complexity index is 687. The van der Waals surface area contributed by atoms with Crippen LogP contribution in [0.5, 0.6) is 5.75 Å². The van der Waals surface area contributed by atoms with Crippen LogP contribution in [0.25, 0.3) is 0 Å². The molecule has 0 saturated heterocycles. The molecule has 1 fully saturated rings. The van der Waals surface area contributed by atoms with Gasteiger partial charge in [-0.05, 0) is 77.0 Å². The highest BCUT2D eigenvalue weighted by atomic mass is 16.5. The zero-order chi connectivity index (χ0) is 21.4. The van der Waals surface area contributed by atoms with E-state index in [0.29, 0.717) is 42.4 Å². The predicted octanol–water partition coefficient (Wildman–Crippen LogP) is 4.96. The van der Waals surface area contributed by atoms with Crippen LogP contribution in [0, 0.1) is 5.92 Å². The van der Waals surface area contributed by atoms with Crippen LogP contribution in [0.2, 0.25) is 0 Å². The lowest BCUT2D eigenvalue weighted by Crippen LogP contribution is -2.48. The van der Waals surface area contributed by atoms with Gasteiger partial charge < -0.3 is 19.5 Å². The van der Waals surface area contributed by atoms with Crippen LogP contribution in [0.15, 0.2) is 18.2 Å². The maximum atomic E-state index is 13.2. The van der Waals surface area contributed by atoms with Crippen molar-refractivity contribution in [3.8, 4) is 5.75 Å². The lowest BCUT2D eigenvalue weighted by Gasteiger charge is -2.38. The van der Waals surface area contributed by atoms with Gasteiger partial charge in [-0.1, -0.05) is 13.8 Å². The van der Waals surface area contributed by atoms with Gasteiger partial charge in [-0.3, -0.25) is 4.79 Å². The van der Waals surface area contributed by atoms with E-state index < -0.39 is 11.6 Å². The molecule has 1 aromatic rings. The molecule has 0 atom stereocenters. The molecule has 1 aliphatic carbocycles. The first-order valence-electron chi connectivity index (χ1n) is 10.7. The van der Waals surface area contributed by atoms with Crippen LogP contribution in [0.1, 0.15) is 77.1 Å². The number of esters is 1. The summed E-state index contributed by atoms with van der Waals surface area (Å²) < 4.78 is 17.0. The van der Waals surface area contributed by atoms with Crippen LogP contribution in [0.4, 0.5) is 5.69 Å². The molecule has 2 rings (SSSR count). The SMILES string of the molecule is CCCOC1(C(=O)Nc2ccc(OC(C)C)c(C(=O)OCC)c2)CCC(C)CC1. The van der Waals surface area contributed by atoms with E-state index in [1.165, 1.54) is 0 Å². The zero-order valence-electron chi connectivity index (χ0n) is 18.4. The molecule has 1 aliphatic rings. The van der Waals surface area contributed by atoms with Crippen LogP contribution in [-0.2, 0) is 14.3 Å². The number of benzene rings is 1. The largest absolute Gasteiger partial charge is 0.490 e. The van der Waals surface area contributed by atoms with E-state index in [4.69, 9.17) is 14.2 Å². The molecule has 6 heteroatoms. The molecule has 1 N–H and O–H groups in total. The number of nitrogens with one attached hydrogen (secondary N) is 1. The van der Waals surface area contributed by atoms with Gasteiger partial charge in [-0.15, -0.1) is 0 Å². The summed E-state index contributed by atoms with van der Waals surface area (Å²) >= 11 is 0. The van der Waals surface area contributed by atoms with Gasteiger partial charge in [0.1, 0.15) is 16.9 Å². The van der Waals surface area contributed by atoms with Crippen LogP contribution >= 0.6 is 0 Å². The van der Waals surface area contributed by atoms with Crippen molar-refractivity contribution < 1.29 is 23.8 Å². The summed E-state index contributed by atoms with van der Waals surface area (Å²) in [5.41, 5.74) is 0.0334. The van der Waals surface area contributed by atoms with E-state index in [0.717, 1.165) is 19.3 Å². The van der Waals surface area contributed by atoms with Gasteiger partial charge in [-0.25, -0.2) is 4.79 Å². The molecule has 0 unspecified atom stereocenters. The average Bonchev–Trinajstić information content (AvgIpc) is 2.68. The summed E-state index contributed by atoms with van der Waals surface area (Å²) in [6.45, 7) is 10.6. The van der Waals surface area contributed by atoms with Crippen molar-refractivity contribution in [2.24, 2.45) is 5.92 Å². The van der Waals surface area contributed by atoms with Crippen molar-refractivity contribution in [2.45, 2.75) is 78.4 Å². The second kappa shape index (κ2) is 10.6. The topological polar surface area (TPSA) is 73.9 Å². The molecular weight excluding hydrogens is 370 g/mol. The number of amides is 1. The summed E-state index contributed by atoms with van der Waals surface area (Å²) in [5, 5.41) is 2.97. The number of rotatable bonds is 9. The van der Waals surface area contributed by atoms with E-state index in [9.17, 15) is 9.59 Å². The second-order valence-electron chi connectivity index (χ2n) is 8.08. The number of hydrogen-bond donors (Lipinski definition) is 1. The third-order valence-electron chi connectivity index (χ3n) is 5.17. The van der Waals surface area contributed by atoms with Crippen LogP contribution in [0.3, 0.4) is 0 Å². The van der Waals surface area contributed by atoms with Crippen LogP contribution in [-0.4, -0.2) is 36.8 Å². The fraction of sp³-hybridized carbons (Fsp3) is 0.652. The van der Waals surface area contributed by atoms with Gasteiger partial charge in [-0.2, -0.15) is 0 Å². The van der Waals surface area contributed by atoms with Gasteiger partial charge in [0.15, 0.2) is 0 Å². The van der Waals surface area contributed by atoms with E-state index in [-0.39, 0.29) is 18.6 Å². The van der Waals surface area contributed by atoms with E-state index in [1.54, 1.807) is 25.1 Å². The molecular formula is C23H35NO5. The monoisotopic (exact) mass is 405 g/mol. The number of carbonyl (C=O) groups excluding carboxylic acids is 2. The van der Waals surface area contributed by atoms with Crippen LogP contribution < -0.4 is 10.1 Å². The minimum atomic E-state index is -0.806. The van der Waals surface area contributed by atoms with Gasteiger partial charge >= 0.3 is 5.97 Å². The predicted molar refractivity (Wildman–Crippen MR) is 113 cm³/mol. The fourth-order valence-corrected chi connectivity index (χ4v) is 3.54. The molecule has 6 nitrogen and oxygen atoms in total. The lowest BCUT2D eigenvalue weighted by molar-refractivity contribution is -0.147. The molecule has 1 amide bonds. The molecule has 1 saturated carbocycles. The molecule has 162 valence electrons. The Morgan fingerprint density at radius 2 is 1.90 bits per heavy atom. The third-order valence-corrected chi connectivity index (χ3v) is 5.17. The first-order valence-corrected chi connectivity index (χ1v) is 10.7. The van der Waals surface area contributed by atoms with Crippen molar-refractivity contribution in [3.05, 3.63) is 23.8 Å². The van der Waals surface area contributed by atoms with Crippen molar-refractivity contribution in [1.82, 2.24) is 0 Å². The maximum Gasteiger partial charge on any atom is 0.341 e. The average molecular weight is 406 g/mol. The van der Waals surface area contributed by atoms with E-state index in [2.05, 4.69) is 12.2 Å². The van der Waals surface area contributed by atoms with E-state index in [1.807, 2.05) is 20.8 Å². The highest BCUT2D eigenvalue weighted by Crippen LogP contribution is 2.36. The Hall–Kier alpha value is -2.08. The molecule has 1 aromatic carbocycles. The number of hydrogen-bond acceptors (Lipinski definition) is 5. The second-order valence-corrected chi connectivity index (χ2v) is 8.08. The maximum absolute atomic E-state index is 13.2. The summed E-state index contributed by atoms with van der Waals surface area (Å²) in [6.07, 6.45) is 4.12. The van der Waals surface area contributed by atoms with Crippen molar-refractivity contribution in [2.75, 3.05) is 18.5 Å². The molecule has 0 radical (unpaired) electrons. The minimum absolute atomic E-state index is 0.0847. The standard InChI is InChI=1S/C23H35NO5/c1-6-14-28-23(12-10-17(5)11-13-23)22(26)24-18-8-9-20(29-16(3)4)19(15-18)21(25)27-7-2/h8-9,15-17H,6-7,10-14H2,1-5H3,(H,24,26). The Morgan fingerprint density at radius 1 is 1.21 bits per heavy atom. The highest BCUT2D eigenvalue weighted by Gasteiger charge is 2.42. The Morgan fingerprint density at radius 3 is 2.48 bits per heavy atom. The Labute approximate surface area is 174 Å². The summed E-state index contributed by atoms with van der Waals surface area (Å²) in [6, 6.07) is 5.06. The molecule has 0 aromatic heterocycles.